The van der Waals surface area contributed by atoms with Gasteiger partial charge in [-0.25, -0.2) is 0 Å². The molecule has 0 spiro atoms. The lowest BCUT2D eigenvalue weighted by molar-refractivity contribution is 0.118. The van der Waals surface area contributed by atoms with E-state index in [0.29, 0.717) is 4.99 Å². The molecular formula is C14H20ClN3S. The van der Waals surface area contributed by atoms with Gasteiger partial charge in [0, 0.05) is 37.7 Å². The minimum absolute atomic E-state index is 0.198. The Hall–Kier alpha value is -0.680. The fraction of sp³-hybridized carbons (Fsp3) is 0.500. The first-order valence-electron chi connectivity index (χ1n) is 6.56. The number of thiocarbonyl (C=S) groups is 1. The predicted molar refractivity (Wildman–Crippen MR) is 84.5 cm³/mol. The molecule has 3 nitrogen and oxygen atoms in total. The Balaban J connectivity index is 1.85. The van der Waals surface area contributed by atoms with E-state index in [0.717, 1.165) is 37.7 Å². The van der Waals surface area contributed by atoms with Crippen molar-refractivity contribution >= 4 is 28.8 Å². The normalized spacial score (nSPS) is 19.3. The lowest BCUT2D eigenvalue weighted by Gasteiger charge is -2.37. The van der Waals surface area contributed by atoms with Crippen LogP contribution in [0.2, 0.25) is 5.02 Å². The number of hydrogen-bond acceptors (Lipinski definition) is 3. The molecule has 104 valence electrons. The predicted octanol–water partition coefficient (Wildman–Crippen LogP) is 2.13. The molecule has 1 aromatic rings. The zero-order valence-corrected chi connectivity index (χ0v) is 12.8. The highest BCUT2D eigenvalue weighted by Gasteiger charge is 2.22. The zero-order valence-electron chi connectivity index (χ0n) is 11.2. The number of rotatable bonds is 4. The highest BCUT2D eigenvalue weighted by Crippen LogP contribution is 2.14. The fourth-order valence-electron chi connectivity index (χ4n) is 2.38. The van der Waals surface area contributed by atoms with Gasteiger partial charge in [0.15, 0.2) is 0 Å². The van der Waals surface area contributed by atoms with Gasteiger partial charge in [0.05, 0.1) is 11.0 Å². The maximum Gasteiger partial charge on any atom is 0.0899 e. The van der Waals surface area contributed by atoms with E-state index in [2.05, 4.69) is 22.8 Å². The van der Waals surface area contributed by atoms with Crippen molar-refractivity contribution in [3.05, 3.63) is 34.9 Å². The lowest BCUT2D eigenvalue weighted by Crippen LogP contribution is -2.52. The molecule has 0 saturated carbocycles. The second-order valence-corrected chi connectivity index (χ2v) is 5.93. The Kier molecular flexibility index (Phi) is 5.16. The molecule has 19 heavy (non-hydrogen) atoms. The van der Waals surface area contributed by atoms with E-state index in [-0.39, 0.29) is 6.04 Å². The summed E-state index contributed by atoms with van der Waals surface area (Å²) in [6.07, 6.45) is 0. The third kappa shape index (κ3) is 4.14. The Morgan fingerprint density at radius 1 is 1.37 bits per heavy atom. The summed E-state index contributed by atoms with van der Waals surface area (Å²) in [5, 5.41) is 0.804. The molecular weight excluding hydrogens is 278 g/mol. The average molecular weight is 298 g/mol. The van der Waals surface area contributed by atoms with Crippen LogP contribution >= 0.6 is 23.8 Å². The molecule has 1 unspecified atom stereocenters. The third-order valence-electron chi connectivity index (χ3n) is 3.66. The van der Waals surface area contributed by atoms with Crippen LogP contribution in [0.15, 0.2) is 24.3 Å². The van der Waals surface area contributed by atoms with Gasteiger partial charge < -0.3 is 5.73 Å². The number of halogens is 1. The molecule has 1 heterocycles. The minimum atomic E-state index is 0.198. The van der Waals surface area contributed by atoms with Crippen LogP contribution in [0.25, 0.3) is 0 Å². The van der Waals surface area contributed by atoms with E-state index < -0.39 is 0 Å². The molecule has 0 bridgehead atoms. The average Bonchev–Trinajstić information content (AvgIpc) is 2.39. The lowest BCUT2D eigenvalue weighted by atomic mass is 10.2. The van der Waals surface area contributed by atoms with E-state index in [4.69, 9.17) is 29.6 Å². The maximum atomic E-state index is 6.01. The van der Waals surface area contributed by atoms with Crippen molar-refractivity contribution in [1.29, 1.82) is 0 Å². The van der Waals surface area contributed by atoms with Crippen molar-refractivity contribution in [2.24, 2.45) is 5.73 Å². The van der Waals surface area contributed by atoms with Crippen LogP contribution in [0, 0.1) is 0 Å². The van der Waals surface area contributed by atoms with Gasteiger partial charge in [0.2, 0.25) is 0 Å². The van der Waals surface area contributed by atoms with Gasteiger partial charge in [-0.15, -0.1) is 0 Å². The largest absolute Gasteiger partial charge is 0.392 e. The van der Waals surface area contributed by atoms with Crippen LogP contribution in [0.1, 0.15) is 12.5 Å². The van der Waals surface area contributed by atoms with Gasteiger partial charge in [-0.05, 0) is 24.6 Å². The van der Waals surface area contributed by atoms with E-state index >= 15 is 0 Å². The van der Waals surface area contributed by atoms with Crippen LogP contribution in [0.3, 0.4) is 0 Å². The fourth-order valence-corrected chi connectivity index (χ4v) is 2.74. The Labute approximate surface area is 125 Å². The monoisotopic (exact) mass is 297 g/mol. The second kappa shape index (κ2) is 6.66. The van der Waals surface area contributed by atoms with Gasteiger partial charge in [-0.3, -0.25) is 9.80 Å². The summed E-state index contributed by atoms with van der Waals surface area (Å²) in [6.45, 7) is 7.14. The Bertz CT molecular complexity index is 444. The van der Waals surface area contributed by atoms with Crippen molar-refractivity contribution in [3.8, 4) is 0 Å². The van der Waals surface area contributed by atoms with Crippen LogP contribution in [0.5, 0.6) is 0 Å². The van der Waals surface area contributed by atoms with Crippen LogP contribution < -0.4 is 5.73 Å². The van der Waals surface area contributed by atoms with Gasteiger partial charge in [-0.1, -0.05) is 36.0 Å². The van der Waals surface area contributed by atoms with E-state index in [1.54, 1.807) is 0 Å². The van der Waals surface area contributed by atoms with Gasteiger partial charge in [0.1, 0.15) is 0 Å². The van der Waals surface area contributed by atoms with Crippen molar-refractivity contribution in [1.82, 2.24) is 9.80 Å². The van der Waals surface area contributed by atoms with Crippen LogP contribution in [-0.4, -0.2) is 47.0 Å². The van der Waals surface area contributed by atoms with Gasteiger partial charge in [0.25, 0.3) is 0 Å². The smallest absolute Gasteiger partial charge is 0.0899 e. The topological polar surface area (TPSA) is 32.5 Å². The number of nitrogens with zero attached hydrogens (tertiary/aromatic N) is 2. The summed E-state index contributed by atoms with van der Waals surface area (Å²) in [7, 11) is 0. The van der Waals surface area contributed by atoms with Crippen LogP contribution in [0.4, 0.5) is 0 Å². The zero-order chi connectivity index (χ0) is 13.8. The number of nitrogens with two attached hydrogens (primary N) is 1. The molecule has 1 fully saturated rings. The first-order chi connectivity index (χ1) is 9.06. The molecule has 0 radical (unpaired) electrons. The molecule has 0 aliphatic carbocycles. The molecule has 2 N–H and O–H groups in total. The molecule has 1 aliphatic rings. The third-order valence-corrected chi connectivity index (χ3v) is 4.24. The number of piperazine rings is 1. The molecule has 5 heteroatoms. The minimum Gasteiger partial charge on any atom is -0.392 e. The number of hydrogen-bond donors (Lipinski definition) is 1. The molecule has 0 amide bonds. The Morgan fingerprint density at radius 2 is 2.05 bits per heavy atom. The summed E-state index contributed by atoms with van der Waals surface area (Å²) in [5.41, 5.74) is 6.97. The molecule has 1 aliphatic heterocycles. The Morgan fingerprint density at radius 3 is 2.63 bits per heavy atom. The second-order valence-electron chi connectivity index (χ2n) is 5.02. The van der Waals surface area contributed by atoms with Crippen molar-refractivity contribution in [2.75, 3.05) is 26.2 Å². The number of benzene rings is 1. The molecule has 1 atom stereocenters. The summed E-state index contributed by atoms with van der Waals surface area (Å²) in [5.74, 6) is 0. The highest BCUT2D eigenvalue weighted by molar-refractivity contribution is 7.80. The van der Waals surface area contributed by atoms with Crippen molar-refractivity contribution in [2.45, 2.75) is 19.5 Å². The summed E-state index contributed by atoms with van der Waals surface area (Å²) in [4.78, 5) is 5.37. The molecule has 0 aromatic heterocycles. The first-order valence-corrected chi connectivity index (χ1v) is 7.35. The van der Waals surface area contributed by atoms with Gasteiger partial charge >= 0.3 is 0 Å². The first kappa shape index (κ1) is 14.7. The summed E-state index contributed by atoms with van der Waals surface area (Å²) >= 11 is 11.1. The summed E-state index contributed by atoms with van der Waals surface area (Å²) < 4.78 is 0. The highest BCUT2D eigenvalue weighted by atomic mass is 35.5. The van der Waals surface area contributed by atoms with E-state index in [1.165, 1.54) is 5.56 Å². The SMILES string of the molecule is CC(C(N)=S)N1CCN(Cc2cccc(Cl)c2)CC1. The molecule has 1 aromatic carbocycles. The van der Waals surface area contributed by atoms with Crippen LogP contribution in [-0.2, 0) is 6.54 Å². The standard InChI is InChI=1S/C14H20ClN3S/c1-11(14(16)19)18-7-5-17(6-8-18)10-12-3-2-4-13(15)9-12/h2-4,9,11H,5-8,10H2,1H3,(H2,16,19). The maximum absolute atomic E-state index is 6.01. The molecule has 1 saturated heterocycles. The van der Waals surface area contributed by atoms with Gasteiger partial charge in [-0.2, -0.15) is 0 Å². The van der Waals surface area contributed by atoms with Crippen molar-refractivity contribution in [3.63, 3.8) is 0 Å². The van der Waals surface area contributed by atoms with E-state index in [9.17, 15) is 0 Å². The quantitative estimate of drug-likeness (QED) is 0.863. The molecule has 2 rings (SSSR count). The van der Waals surface area contributed by atoms with E-state index in [1.807, 2.05) is 18.2 Å². The van der Waals surface area contributed by atoms with Crippen molar-refractivity contribution < 1.29 is 0 Å². The summed E-state index contributed by atoms with van der Waals surface area (Å²) in [6, 6.07) is 8.26.